The van der Waals surface area contributed by atoms with Gasteiger partial charge in [0.15, 0.2) is 0 Å². The Balaban J connectivity index is 3.25. The SMILES string of the molecule is CCC(C)N(CC)c1ccc(CBr)cc1[N+](=O)[O-]. The van der Waals surface area contributed by atoms with Crippen LogP contribution in [-0.2, 0) is 5.33 Å². The van der Waals surface area contributed by atoms with Crippen molar-refractivity contribution in [2.45, 2.75) is 38.6 Å². The minimum Gasteiger partial charge on any atom is -0.364 e. The molecule has 0 radical (unpaired) electrons. The smallest absolute Gasteiger partial charge is 0.292 e. The van der Waals surface area contributed by atoms with Crippen molar-refractivity contribution in [3.63, 3.8) is 0 Å². The van der Waals surface area contributed by atoms with E-state index in [2.05, 4.69) is 34.7 Å². The van der Waals surface area contributed by atoms with Crippen LogP contribution in [0.15, 0.2) is 18.2 Å². The zero-order valence-electron chi connectivity index (χ0n) is 11.0. The van der Waals surface area contributed by atoms with E-state index in [0.29, 0.717) is 17.1 Å². The Bertz CT molecular complexity index is 423. The Kier molecular flexibility index (Phi) is 5.59. The maximum atomic E-state index is 11.2. The van der Waals surface area contributed by atoms with Gasteiger partial charge in [0.2, 0.25) is 0 Å². The normalized spacial score (nSPS) is 12.2. The molecular formula is C13H19BrN2O2. The van der Waals surface area contributed by atoms with Crippen molar-refractivity contribution in [2.75, 3.05) is 11.4 Å². The fourth-order valence-electron chi connectivity index (χ4n) is 1.98. The van der Waals surface area contributed by atoms with E-state index in [1.807, 2.05) is 19.1 Å². The molecule has 5 heteroatoms. The summed E-state index contributed by atoms with van der Waals surface area (Å²) in [5.74, 6) is 0. The average molecular weight is 315 g/mol. The van der Waals surface area contributed by atoms with Crippen LogP contribution in [0, 0.1) is 10.1 Å². The van der Waals surface area contributed by atoms with Gasteiger partial charge in [-0.15, -0.1) is 0 Å². The summed E-state index contributed by atoms with van der Waals surface area (Å²) in [6, 6.07) is 5.73. The maximum Gasteiger partial charge on any atom is 0.292 e. The second-order valence-electron chi connectivity index (χ2n) is 4.26. The van der Waals surface area contributed by atoms with Crippen LogP contribution < -0.4 is 4.90 Å². The largest absolute Gasteiger partial charge is 0.364 e. The molecule has 0 heterocycles. The zero-order chi connectivity index (χ0) is 13.7. The highest BCUT2D eigenvalue weighted by atomic mass is 79.9. The summed E-state index contributed by atoms with van der Waals surface area (Å²) in [6.45, 7) is 6.97. The zero-order valence-corrected chi connectivity index (χ0v) is 12.6. The first kappa shape index (κ1) is 15.0. The molecule has 0 aliphatic heterocycles. The average Bonchev–Trinajstić information content (AvgIpc) is 2.39. The molecule has 0 spiro atoms. The second kappa shape index (κ2) is 6.73. The van der Waals surface area contributed by atoms with Gasteiger partial charge in [-0.25, -0.2) is 0 Å². The van der Waals surface area contributed by atoms with Gasteiger partial charge in [0.25, 0.3) is 5.69 Å². The van der Waals surface area contributed by atoms with Gasteiger partial charge < -0.3 is 4.90 Å². The topological polar surface area (TPSA) is 46.4 Å². The van der Waals surface area contributed by atoms with Crippen LogP contribution in [0.5, 0.6) is 0 Å². The summed E-state index contributed by atoms with van der Waals surface area (Å²) in [5.41, 5.74) is 1.82. The van der Waals surface area contributed by atoms with Crippen LogP contribution in [-0.4, -0.2) is 17.5 Å². The molecule has 100 valence electrons. The molecule has 0 aliphatic rings. The van der Waals surface area contributed by atoms with E-state index in [4.69, 9.17) is 0 Å². The van der Waals surface area contributed by atoms with Gasteiger partial charge >= 0.3 is 0 Å². The summed E-state index contributed by atoms with van der Waals surface area (Å²) in [4.78, 5) is 13.0. The lowest BCUT2D eigenvalue weighted by Gasteiger charge is -2.29. The van der Waals surface area contributed by atoms with Crippen LogP contribution in [0.25, 0.3) is 0 Å². The van der Waals surface area contributed by atoms with Gasteiger partial charge in [-0.1, -0.05) is 28.9 Å². The number of hydrogen-bond donors (Lipinski definition) is 0. The highest BCUT2D eigenvalue weighted by Crippen LogP contribution is 2.31. The number of hydrogen-bond acceptors (Lipinski definition) is 3. The van der Waals surface area contributed by atoms with Crippen molar-refractivity contribution < 1.29 is 4.92 Å². The van der Waals surface area contributed by atoms with Crippen molar-refractivity contribution in [1.82, 2.24) is 0 Å². The molecule has 0 saturated heterocycles. The van der Waals surface area contributed by atoms with Gasteiger partial charge in [-0.05, 0) is 31.9 Å². The Morgan fingerprint density at radius 1 is 1.44 bits per heavy atom. The number of nitro groups is 1. The van der Waals surface area contributed by atoms with Crippen LogP contribution >= 0.6 is 15.9 Å². The number of rotatable bonds is 6. The minimum atomic E-state index is -0.299. The summed E-state index contributed by atoms with van der Waals surface area (Å²) < 4.78 is 0. The predicted octanol–water partition coefficient (Wildman–Crippen LogP) is 4.11. The van der Waals surface area contributed by atoms with Gasteiger partial charge in [-0.2, -0.15) is 0 Å². The highest BCUT2D eigenvalue weighted by molar-refractivity contribution is 9.08. The molecule has 0 saturated carbocycles. The van der Waals surface area contributed by atoms with Crippen molar-refractivity contribution in [2.24, 2.45) is 0 Å². The number of benzene rings is 1. The van der Waals surface area contributed by atoms with Gasteiger partial charge in [0.05, 0.1) is 4.92 Å². The van der Waals surface area contributed by atoms with E-state index < -0.39 is 0 Å². The number of nitro benzene ring substituents is 1. The van der Waals surface area contributed by atoms with Gasteiger partial charge in [0.1, 0.15) is 5.69 Å². The molecule has 1 atom stereocenters. The van der Waals surface area contributed by atoms with E-state index in [1.54, 1.807) is 6.07 Å². The first-order chi connectivity index (χ1) is 8.54. The van der Waals surface area contributed by atoms with E-state index >= 15 is 0 Å². The molecule has 0 aliphatic carbocycles. The first-order valence-corrected chi connectivity index (χ1v) is 7.27. The summed E-state index contributed by atoms with van der Waals surface area (Å²) in [5, 5.41) is 11.8. The lowest BCUT2D eigenvalue weighted by molar-refractivity contribution is -0.384. The van der Waals surface area contributed by atoms with Crippen LogP contribution in [0.2, 0.25) is 0 Å². The van der Waals surface area contributed by atoms with Crippen molar-refractivity contribution in [3.8, 4) is 0 Å². The molecule has 0 aromatic heterocycles. The number of halogens is 1. The number of anilines is 1. The molecule has 0 N–H and O–H groups in total. The Hall–Kier alpha value is -1.10. The first-order valence-electron chi connectivity index (χ1n) is 6.15. The minimum absolute atomic E-state index is 0.189. The van der Waals surface area contributed by atoms with E-state index in [1.165, 1.54) is 0 Å². The molecule has 1 rings (SSSR count). The van der Waals surface area contributed by atoms with E-state index in [0.717, 1.165) is 18.5 Å². The fourth-order valence-corrected chi connectivity index (χ4v) is 2.33. The van der Waals surface area contributed by atoms with E-state index in [9.17, 15) is 10.1 Å². The molecule has 1 unspecified atom stereocenters. The molecular weight excluding hydrogens is 296 g/mol. The highest BCUT2D eigenvalue weighted by Gasteiger charge is 2.21. The Labute approximate surface area is 116 Å². The molecule has 0 fully saturated rings. The molecule has 0 amide bonds. The summed E-state index contributed by atoms with van der Waals surface area (Å²) in [6.07, 6.45) is 0.963. The Morgan fingerprint density at radius 3 is 2.56 bits per heavy atom. The van der Waals surface area contributed by atoms with Crippen LogP contribution in [0.1, 0.15) is 32.8 Å². The van der Waals surface area contributed by atoms with Crippen molar-refractivity contribution in [1.29, 1.82) is 0 Å². The summed E-state index contributed by atoms with van der Waals surface area (Å²) >= 11 is 3.33. The second-order valence-corrected chi connectivity index (χ2v) is 4.82. The molecule has 18 heavy (non-hydrogen) atoms. The quantitative estimate of drug-likeness (QED) is 0.451. The maximum absolute atomic E-state index is 11.2. The molecule has 0 bridgehead atoms. The molecule has 4 nitrogen and oxygen atoms in total. The van der Waals surface area contributed by atoms with Crippen LogP contribution in [0.3, 0.4) is 0 Å². The van der Waals surface area contributed by atoms with Crippen molar-refractivity contribution >= 4 is 27.3 Å². The van der Waals surface area contributed by atoms with Gasteiger partial charge in [0, 0.05) is 24.0 Å². The Morgan fingerprint density at radius 2 is 2.11 bits per heavy atom. The number of nitrogens with zero attached hydrogens (tertiary/aromatic N) is 2. The number of alkyl halides is 1. The lowest BCUT2D eigenvalue weighted by Crippen LogP contribution is -2.32. The van der Waals surface area contributed by atoms with E-state index in [-0.39, 0.29) is 10.6 Å². The third-order valence-electron chi connectivity index (χ3n) is 3.16. The van der Waals surface area contributed by atoms with Gasteiger partial charge in [-0.3, -0.25) is 10.1 Å². The predicted molar refractivity (Wildman–Crippen MR) is 78.5 cm³/mol. The lowest BCUT2D eigenvalue weighted by atomic mass is 10.1. The summed E-state index contributed by atoms with van der Waals surface area (Å²) in [7, 11) is 0. The monoisotopic (exact) mass is 314 g/mol. The fraction of sp³-hybridized carbons (Fsp3) is 0.538. The standard InChI is InChI=1S/C13H19BrN2O2/c1-4-10(3)15(5-2)12-7-6-11(9-14)8-13(12)16(17)18/h6-8,10H,4-5,9H2,1-3H3. The molecule has 1 aromatic carbocycles. The van der Waals surface area contributed by atoms with Crippen LogP contribution in [0.4, 0.5) is 11.4 Å². The third-order valence-corrected chi connectivity index (χ3v) is 3.81. The third kappa shape index (κ3) is 3.22. The molecule has 1 aromatic rings. The van der Waals surface area contributed by atoms with Crippen molar-refractivity contribution in [3.05, 3.63) is 33.9 Å².